The molecule has 3 atom stereocenters. The molecule has 0 aliphatic carbocycles. The van der Waals surface area contributed by atoms with Crippen LogP contribution in [0.2, 0.25) is 0 Å². The quantitative estimate of drug-likeness (QED) is 0.704. The minimum Gasteiger partial charge on any atom is -0.368 e. The van der Waals surface area contributed by atoms with E-state index in [4.69, 9.17) is 10.5 Å². The third kappa shape index (κ3) is 3.20. The van der Waals surface area contributed by atoms with E-state index in [0.29, 0.717) is 6.61 Å². The van der Waals surface area contributed by atoms with Crippen molar-refractivity contribution in [3.63, 3.8) is 0 Å². The van der Waals surface area contributed by atoms with Gasteiger partial charge in [0.1, 0.15) is 12.1 Å². The molecule has 0 aromatic heterocycles. The fourth-order valence-electron chi connectivity index (χ4n) is 1.76. The molecule has 92 valence electrons. The van der Waals surface area contributed by atoms with Gasteiger partial charge in [-0.3, -0.25) is 9.59 Å². The van der Waals surface area contributed by atoms with Crippen molar-refractivity contribution < 1.29 is 14.3 Å². The molecule has 1 saturated heterocycles. The van der Waals surface area contributed by atoms with Crippen molar-refractivity contribution in [1.29, 1.82) is 0 Å². The molecule has 1 heterocycles. The first-order chi connectivity index (χ1) is 7.56. The highest BCUT2D eigenvalue weighted by molar-refractivity contribution is 5.88. The van der Waals surface area contributed by atoms with Crippen molar-refractivity contribution >= 4 is 11.8 Å². The second-order valence-electron chi connectivity index (χ2n) is 4.28. The molecule has 0 aromatic carbocycles. The Bertz CT molecular complexity index is 262. The van der Waals surface area contributed by atoms with Crippen molar-refractivity contribution in [2.75, 3.05) is 6.61 Å². The van der Waals surface area contributed by atoms with Crippen LogP contribution in [0.25, 0.3) is 0 Å². The van der Waals surface area contributed by atoms with Crippen LogP contribution in [0.1, 0.15) is 33.1 Å². The molecule has 1 aliphatic rings. The number of carbonyl (C=O) groups is 2. The summed E-state index contributed by atoms with van der Waals surface area (Å²) in [5.74, 6) is -0.662. The summed E-state index contributed by atoms with van der Waals surface area (Å²) in [6.07, 6.45) is 1.99. The van der Waals surface area contributed by atoms with Crippen molar-refractivity contribution in [1.82, 2.24) is 5.32 Å². The lowest BCUT2D eigenvalue weighted by molar-refractivity contribution is -0.134. The molecule has 0 spiro atoms. The Hall–Kier alpha value is -1.10. The average molecular weight is 228 g/mol. The topological polar surface area (TPSA) is 81.4 Å². The lowest BCUT2D eigenvalue weighted by Crippen LogP contribution is -2.51. The van der Waals surface area contributed by atoms with E-state index in [1.807, 2.05) is 13.8 Å². The molecular weight excluding hydrogens is 208 g/mol. The Kier molecular flexibility index (Phi) is 4.73. The maximum atomic E-state index is 11.7. The van der Waals surface area contributed by atoms with E-state index in [1.165, 1.54) is 0 Å². The van der Waals surface area contributed by atoms with E-state index >= 15 is 0 Å². The predicted molar refractivity (Wildman–Crippen MR) is 59.6 cm³/mol. The zero-order valence-electron chi connectivity index (χ0n) is 9.86. The van der Waals surface area contributed by atoms with Gasteiger partial charge in [-0.1, -0.05) is 20.3 Å². The molecule has 0 saturated carbocycles. The molecular formula is C11H20N2O3. The van der Waals surface area contributed by atoms with E-state index in [0.717, 1.165) is 19.3 Å². The number of ether oxygens (including phenoxy) is 1. The van der Waals surface area contributed by atoms with Crippen LogP contribution in [0, 0.1) is 5.92 Å². The van der Waals surface area contributed by atoms with Crippen LogP contribution in [0.4, 0.5) is 0 Å². The molecule has 0 bridgehead atoms. The first kappa shape index (κ1) is 13.0. The molecule has 0 radical (unpaired) electrons. The molecule has 0 aromatic rings. The standard InChI is InChI=1S/C11H20N2O3/c1-3-7(2)9(10(12)14)13-11(15)8-5-4-6-16-8/h7-9H,3-6H2,1-2H3,(H2,12,14)(H,13,15)/t7-,8-,9-/m0/s1. The zero-order chi connectivity index (χ0) is 12.1. The van der Waals surface area contributed by atoms with Crippen LogP contribution in [0.15, 0.2) is 0 Å². The van der Waals surface area contributed by atoms with Crippen molar-refractivity contribution in [3.05, 3.63) is 0 Å². The summed E-state index contributed by atoms with van der Waals surface area (Å²) < 4.78 is 5.24. The van der Waals surface area contributed by atoms with Gasteiger partial charge in [0, 0.05) is 6.61 Å². The second kappa shape index (κ2) is 5.84. The Balaban J connectivity index is 2.53. The molecule has 5 nitrogen and oxygen atoms in total. The van der Waals surface area contributed by atoms with Gasteiger partial charge in [0.15, 0.2) is 0 Å². The van der Waals surface area contributed by atoms with Gasteiger partial charge in [-0.25, -0.2) is 0 Å². The van der Waals surface area contributed by atoms with Crippen molar-refractivity contribution in [3.8, 4) is 0 Å². The summed E-state index contributed by atoms with van der Waals surface area (Å²) in [6, 6.07) is -0.596. The molecule has 3 N–H and O–H groups in total. The summed E-state index contributed by atoms with van der Waals surface area (Å²) in [5.41, 5.74) is 5.27. The van der Waals surface area contributed by atoms with E-state index in [-0.39, 0.29) is 11.8 Å². The summed E-state index contributed by atoms with van der Waals surface area (Å²) in [7, 11) is 0. The molecule has 0 unspecified atom stereocenters. The van der Waals surface area contributed by atoms with Gasteiger partial charge in [0.2, 0.25) is 11.8 Å². The maximum absolute atomic E-state index is 11.7. The van der Waals surface area contributed by atoms with Gasteiger partial charge in [0.05, 0.1) is 0 Å². The number of amides is 2. The van der Waals surface area contributed by atoms with Gasteiger partial charge < -0.3 is 15.8 Å². The number of rotatable bonds is 5. The molecule has 2 amide bonds. The van der Waals surface area contributed by atoms with Crippen LogP contribution in [-0.2, 0) is 14.3 Å². The van der Waals surface area contributed by atoms with Gasteiger partial charge in [-0.05, 0) is 18.8 Å². The van der Waals surface area contributed by atoms with Crippen molar-refractivity contribution in [2.24, 2.45) is 11.7 Å². The first-order valence-electron chi connectivity index (χ1n) is 5.77. The molecule has 16 heavy (non-hydrogen) atoms. The van der Waals surface area contributed by atoms with Gasteiger partial charge in [-0.15, -0.1) is 0 Å². The minimum atomic E-state index is -0.596. The van der Waals surface area contributed by atoms with Gasteiger partial charge in [-0.2, -0.15) is 0 Å². The number of nitrogens with two attached hydrogens (primary N) is 1. The van der Waals surface area contributed by atoms with Crippen molar-refractivity contribution in [2.45, 2.75) is 45.3 Å². The number of carbonyl (C=O) groups excluding carboxylic acids is 2. The monoisotopic (exact) mass is 228 g/mol. The predicted octanol–water partition coefficient (Wildman–Crippen LogP) is 0.182. The normalized spacial score (nSPS) is 23.8. The van der Waals surface area contributed by atoms with E-state index in [9.17, 15) is 9.59 Å². The minimum absolute atomic E-state index is 0.0443. The Labute approximate surface area is 95.7 Å². The molecule has 1 rings (SSSR count). The highest BCUT2D eigenvalue weighted by atomic mass is 16.5. The molecule has 5 heteroatoms. The zero-order valence-corrected chi connectivity index (χ0v) is 9.86. The number of hydrogen-bond acceptors (Lipinski definition) is 3. The van der Waals surface area contributed by atoms with E-state index in [2.05, 4.69) is 5.32 Å². The molecule has 1 aliphatic heterocycles. The van der Waals surface area contributed by atoms with Crippen LogP contribution in [-0.4, -0.2) is 30.6 Å². The van der Waals surface area contributed by atoms with E-state index in [1.54, 1.807) is 0 Å². The second-order valence-corrected chi connectivity index (χ2v) is 4.28. The summed E-state index contributed by atoms with van der Waals surface area (Å²) in [4.78, 5) is 23.0. The highest BCUT2D eigenvalue weighted by Crippen LogP contribution is 2.13. The Morgan fingerprint density at radius 2 is 2.25 bits per heavy atom. The van der Waals surface area contributed by atoms with Crippen LogP contribution in [0.5, 0.6) is 0 Å². The van der Waals surface area contributed by atoms with Gasteiger partial charge >= 0.3 is 0 Å². The largest absolute Gasteiger partial charge is 0.368 e. The third-order valence-electron chi connectivity index (χ3n) is 3.04. The maximum Gasteiger partial charge on any atom is 0.249 e. The SMILES string of the molecule is CC[C@H](C)[C@H](NC(=O)[C@@H]1CCCO1)C(N)=O. The Morgan fingerprint density at radius 3 is 2.69 bits per heavy atom. The average Bonchev–Trinajstić information content (AvgIpc) is 2.77. The summed E-state index contributed by atoms with van der Waals surface area (Å²) in [5, 5.41) is 2.67. The third-order valence-corrected chi connectivity index (χ3v) is 3.04. The highest BCUT2D eigenvalue weighted by Gasteiger charge is 2.29. The summed E-state index contributed by atoms with van der Waals surface area (Å²) in [6.45, 7) is 4.46. The fraction of sp³-hybridized carbons (Fsp3) is 0.818. The smallest absolute Gasteiger partial charge is 0.249 e. The lowest BCUT2D eigenvalue weighted by atomic mass is 9.98. The fourth-order valence-corrected chi connectivity index (χ4v) is 1.76. The lowest BCUT2D eigenvalue weighted by Gasteiger charge is -2.22. The summed E-state index contributed by atoms with van der Waals surface area (Å²) >= 11 is 0. The Morgan fingerprint density at radius 1 is 1.56 bits per heavy atom. The number of nitrogens with one attached hydrogen (secondary N) is 1. The van der Waals surface area contributed by atoms with Crippen LogP contribution >= 0.6 is 0 Å². The van der Waals surface area contributed by atoms with E-state index < -0.39 is 18.1 Å². The first-order valence-corrected chi connectivity index (χ1v) is 5.77. The number of hydrogen-bond donors (Lipinski definition) is 2. The molecule has 1 fully saturated rings. The van der Waals surface area contributed by atoms with Gasteiger partial charge in [0.25, 0.3) is 0 Å². The number of primary amides is 1. The van der Waals surface area contributed by atoms with Crippen LogP contribution < -0.4 is 11.1 Å². The van der Waals surface area contributed by atoms with Crippen LogP contribution in [0.3, 0.4) is 0 Å².